The summed E-state index contributed by atoms with van der Waals surface area (Å²) in [6, 6.07) is 12.6. The molecule has 0 unspecified atom stereocenters. The van der Waals surface area contributed by atoms with Crippen LogP contribution in [0, 0.1) is 5.82 Å². The molecule has 2 aliphatic heterocycles. The maximum absolute atomic E-state index is 14.0. The molecule has 1 atom stereocenters. The minimum absolute atomic E-state index is 0.121. The fraction of sp³-hybridized carbons (Fsp3) is 0.458. The lowest BCUT2D eigenvalue weighted by atomic mass is 10.0. The van der Waals surface area contributed by atoms with E-state index in [-0.39, 0.29) is 22.4 Å². The van der Waals surface area contributed by atoms with Gasteiger partial charge in [0, 0.05) is 39.3 Å². The van der Waals surface area contributed by atoms with Gasteiger partial charge in [0.2, 0.25) is 15.9 Å². The Kier molecular flexibility index (Phi) is 7.31. The van der Waals surface area contributed by atoms with Gasteiger partial charge < -0.3 is 9.64 Å². The number of hydrogen-bond acceptors (Lipinski definition) is 5. The molecule has 4 rings (SSSR count). The number of piperidine rings is 1. The van der Waals surface area contributed by atoms with Gasteiger partial charge in [-0.05, 0) is 42.7 Å². The first-order valence-corrected chi connectivity index (χ1v) is 12.7. The standard InChI is InChI=1S/C24H30FN3O4S/c1-32-23-11-10-19(17-21(23)25)18-26-13-15-27(16-14-26)24(29)22-9-5-6-12-28(22)33(30,31)20-7-3-2-4-8-20/h2-4,7-8,10-11,17,22H,5-6,9,12-16,18H2,1H3/t22-/m0/s1. The van der Waals surface area contributed by atoms with Crippen molar-refractivity contribution in [2.45, 2.75) is 36.7 Å². The predicted molar refractivity (Wildman–Crippen MR) is 123 cm³/mol. The van der Waals surface area contributed by atoms with Crippen molar-refractivity contribution in [1.29, 1.82) is 0 Å². The molecular weight excluding hydrogens is 445 g/mol. The smallest absolute Gasteiger partial charge is 0.243 e. The normalized spacial score (nSPS) is 20.5. The van der Waals surface area contributed by atoms with Crippen LogP contribution in [0.3, 0.4) is 0 Å². The first kappa shape index (κ1) is 23.7. The molecule has 2 heterocycles. The Labute approximate surface area is 194 Å². The third kappa shape index (κ3) is 5.20. The van der Waals surface area contributed by atoms with Crippen molar-refractivity contribution in [2.75, 3.05) is 39.8 Å². The highest BCUT2D eigenvalue weighted by Gasteiger charge is 2.39. The van der Waals surface area contributed by atoms with Crippen LogP contribution in [0.5, 0.6) is 5.75 Å². The zero-order valence-electron chi connectivity index (χ0n) is 18.8. The van der Waals surface area contributed by atoms with Crippen LogP contribution in [0.15, 0.2) is 53.4 Å². The molecule has 2 aromatic carbocycles. The summed E-state index contributed by atoms with van der Waals surface area (Å²) in [5.74, 6) is -0.290. The topological polar surface area (TPSA) is 70.2 Å². The molecule has 0 saturated carbocycles. The maximum Gasteiger partial charge on any atom is 0.243 e. The Bertz CT molecular complexity index is 1070. The molecule has 2 saturated heterocycles. The lowest BCUT2D eigenvalue weighted by molar-refractivity contribution is -0.138. The fourth-order valence-corrected chi connectivity index (χ4v) is 6.24. The van der Waals surface area contributed by atoms with E-state index in [1.165, 1.54) is 17.5 Å². The summed E-state index contributed by atoms with van der Waals surface area (Å²) in [6.45, 7) is 3.28. The highest BCUT2D eigenvalue weighted by Crippen LogP contribution is 2.27. The van der Waals surface area contributed by atoms with E-state index in [1.54, 1.807) is 41.3 Å². The van der Waals surface area contributed by atoms with E-state index >= 15 is 0 Å². The molecule has 7 nitrogen and oxygen atoms in total. The Hall–Kier alpha value is -2.49. The van der Waals surface area contributed by atoms with Crippen molar-refractivity contribution >= 4 is 15.9 Å². The number of piperazine rings is 1. The maximum atomic E-state index is 14.0. The van der Waals surface area contributed by atoms with Crippen LogP contribution in [-0.4, -0.2) is 74.3 Å². The van der Waals surface area contributed by atoms with E-state index < -0.39 is 16.1 Å². The van der Waals surface area contributed by atoms with Gasteiger partial charge in [0.05, 0.1) is 12.0 Å². The van der Waals surface area contributed by atoms with Gasteiger partial charge in [-0.15, -0.1) is 0 Å². The Morgan fingerprint density at radius 3 is 2.42 bits per heavy atom. The number of amides is 1. The quantitative estimate of drug-likeness (QED) is 0.643. The monoisotopic (exact) mass is 475 g/mol. The second kappa shape index (κ2) is 10.2. The summed E-state index contributed by atoms with van der Waals surface area (Å²) in [7, 11) is -2.29. The van der Waals surface area contributed by atoms with Crippen LogP contribution in [0.4, 0.5) is 4.39 Å². The summed E-state index contributed by atoms with van der Waals surface area (Å²) < 4.78 is 46.8. The second-order valence-electron chi connectivity index (χ2n) is 8.51. The van der Waals surface area contributed by atoms with E-state index in [9.17, 15) is 17.6 Å². The van der Waals surface area contributed by atoms with Gasteiger partial charge in [0.15, 0.2) is 11.6 Å². The molecule has 33 heavy (non-hydrogen) atoms. The van der Waals surface area contributed by atoms with Gasteiger partial charge in [0.1, 0.15) is 6.04 Å². The number of carbonyl (C=O) groups excluding carboxylic acids is 1. The van der Waals surface area contributed by atoms with Crippen LogP contribution in [0.2, 0.25) is 0 Å². The summed E-state index contributed by atoms with van der Waals surface area (Å²) >= 11 is 0. The molecule has 9 heteroatoms. The van der Waals surface area contributed by atoms with Gasteiger partial charge in [-0.2, -0.15) is 4.31 Å². The molecule has 2 fully saturated rings. The molecule has 2 aliphatic rings. The van der Waals surface area contributed by atoms with Crippen molar-refractivity contribution < 1.29 is 22.3 Å². The van der Waals surface area contributed by atoms with Crippen molar-refractivity contribution in [3.63, 3.8) is 0 Å². The molecule has 0 N–H and O–H groups in total. The number of hydrogen-bond donors (Lipinski definition) is 0. The second-order valence-corrected chi connectivity index (χ2v) is 10.4. The lowest BCUT2D eigenvalue weighted by Gasteiger charge is -2.40. The molecule has 0 aliphatic carbocycles. The predicted octanol–water partition coefficient (Wildman–Crippen LogP) is 2.72. The van der Waals surface area contributed by atoms with Gasteiger partial charge >= 0.3 is 0 Å². The summed E-state index contributed by atoms with van der Waals surface area (Å²) in [5.41, 5.74) is 0.848. The number of ether oxygens (including phenoxy) is 1. The van der Waals surface area contributed by atoms with Gasteiger partial charge in [-0.25, -0.2) is 12.8 Å². The van der Waals surface area contributed by atoms with Gasteiger partial charge in [-0.1, -0.05) is 30.7 Å². The van der Waals surface area contributed by atoms with E-state index in [0.29, 0.717) is 45.7 Å². The minimum Gasteiger partial charge on any atom is -0.494 e. The van der Waals surface area contributed by atoms with Gasteiger partial charge in [0.25, 0.3) is 0 Å². The van der Waals surface area contributed by atoms with Crippen LogP contribution in [0.1, 0.15) is 24.8 Å². The van der Waals surface area contributed by atoms with E-state index in [0.717, 1.165) is 18.4 Å². The highest BCUT2D eigenvalue weighted by atomic mass is 32.2. The van der Waals surface area contributed by atoms with Crippen LogP contribution >= 0.6 is 0 Å². The van der Waals surface area contributed by atoms with Crippen LogP contribution in [0.25, 0.3) is 0 Å². The number of benzene rings is 2. The van der Waals surface area contributed by atoms with Crippen molar-refractivity contribution in [3.8, 4) is 5.75 Å². The number of rotatable bonds is 6. The first-order chi connectivity index (χ1) is 15.9. The van der Waals surface area contributed by atoms with Crippen molar-refractivity contribution in [3.05, 3.63) is 59.9 Å². The zero-order chi connectivity index (χ0) is 23.4. The van der Waals surface area contributed by atoms with E-state index in [4.69, 9.17) is 4.74 Å². The third-order valence-electron chi connectivity index (χ3n) is 6.39. The molecule has 0 radical (unpaired) electrons. The molecule has 1 amide bonds. The Morgan fingerprint density at radius 1 is 1.03 bits per heavy atom. The third-order valence-corrected chi connectivity index (χ3v) is 8.32. The summed E-state index contributed by atoms with van der Waals surface area (Å²) in [4.78, 5) is 17.5. The fourth-order valence-electron chi connectivity index (χ4n) is 4.57. The van der Waals surface area contributed by atoms with Crippen molar-refractivity contribution in [2.24, 2.45) is 0 Å². The SMILES string of the molecule is COc1ccc(CN2CCN(C(=O)[C@@H]3CCCCN3S(=O)(=O)c3ccccc3)CC2)cc1F. The minimum atomic E-state index is -3.73. The largest absolute Gasteiger partial charge is 0.494 e. The average molecular weight is 476 g/mol. The molecule has 0 spiro atoms. The average Bonchev–Trinajstić information content (AvgIpc) is 2.85. The van der Waals surface area contributed by atoms with Crippen LogP contribution < -0.4 is 4.74 Å². The Morgan fingerprint density at radius 2 is 1.76 bits per heavy atom. The summed E-state index contributed by atoms with van der Waals surface area (Å²) in [6.07, 6.45) is 2.12. The number of methoxy groups -OCH3 is 1. The van der Waals surface area contributed by atoms with Crippen molar-refractivity contribution in [1.82, 2.24) is 14.1 Å². The molecule has 2 aromatic rings. The highest BCUT2D eigenvalue weighted by molar-refractivity contribution is 7.89. The van der Waals surface area contributed by atoms with E-state index in [1.807, 2.05) is 6.07 Å². The number of sulfonamides is 1. The van der Waals surface area contributed by atoms with Gasteiger partial charge in [-0.3, -0.25) is 9.69 Å². The molecular formula is C24H30FN3O4S. The van der Waals surface area contributed by atoms with Crippen LogP contribution in [-0.2, 0) is 21.4 Å². The Balaban J connectivity index is 1.39. The lowest BCUT2D eigenvalue weighted by Crippen LogP contribution is -2.56. The number of carbonyl (C=O) groups is 1. The molecule has 0 aromatic heterocycles. The van der Waals surface area contributed by atoms with E-state index in [2.05, 4.69) is 4.90 Å². The number of halogens is 1. The first-order valence-electron chi connectivity index (χ1n) is 11.3. The summed E-state index contributed by atoms with van der Waals surface area (Å²) in [5, 5.41) is 0. The molecule has 178 valence electrons. The molecule has 0 bridgehead atoms. The number of nitrogens with zero attached hydrogens (tertiary/aromatic N) is 3. The zero-order valence-corrected chi connectivity index (χ0v) is 19.6.